The van der Waals surface area contributed by atoms with Crippen LogP contribution in [0.2, 0.25) is 0 Å². The van der Waals surface area contributed by atoms with E-state index in [1.807, 2.05) is 0 Å². The number of furan rings is 1. The fraction of sp³-hybridized carbons (Fsp3) is 0. The molecule has 16 rings (SSSR count). The molecule has 0 bridgehead atoms. The highest BCUT2D eigenvalue weighted by molar-refractivity contribution is 6.22. The molecule has 16 aromatic rings. The van der Waals surface area contributed by atoms with Crippen LogP contribution >= 0.6 is 0 Å². The third-order valence-electron chi connectivity index (χ3n) is 15.3. The minimum atomic E-state index is 0.639. The first-order valence-electron chi connectivity index (χ1n) is 24.9. The molecule has 0 fully saturated rings. The van der Waals surface area contributed by atoms with Crippen molar-refractivity contribution in [1.82, 2.24) is 19.1 Å². The standard InChI is InChI=1S/C68H40N4O/c1-4-19-47-41(14-1)17-11-25-52(47)67-53-23-7-9-26-57(53)69-68(70-67)72-61-34-31-44(38-55(61)65-49-21-6-3-16-43(49)30-36-62(65)72)45-33-37-63-56(39-45)66-50(24-13-29-64(66)73-63)46-32-35-60-54(40-46)51-22-8-10-27-59(51)71(60)58-28-12-18-42-15-2-5-20-48(42)58/h1-40H. The van der Waals surface area contributed by atoms with Crippen LogP contribution in [0.4, 0.5) is 0 Å². The number of rotatable bonds is 5. The van der Waals surface area contributed by atoms with Crippen molar-refractivity contribution in [3.05, 3.63) is 243 Å². The number of hydrogen-bond acceptors (Lipinski definition) is 3. The Balaban J connectivity index is 0.880. The van der Waals surface area contributed by atoms with Gasteiger partial charge in [0.05, 0.1) is 39.0 Å². The average Bonchev–Trinajstić information content (AvgIpc) is 4.13. The molecule has 0 amide bonds. The SMILES string of the molecule is c1ccc2c(-c3nc(-n4c5ccc(-c6ccc7oc8cccc(-c9ccc%10c(c9)c9ccccc9n%10-c9cccc%10ccccc9%10)c8c7c6)cc5c5c6ccccc6ccc54)nc4ccccc34)cccc2c1. The summed E-state index contributed by atoms with van der Waals surface area (Å²) in [5, 5.41) is 15.1. The molecule has 0 radical (unpaired) electrons. The second-order valence-electron chi connectivity index (χ2n) is 19.2. The van der Waals surface area contributed by atoms with E-state index in [-0.39, 0.29) is 0 Å². The van der Waals surface area contributed by atoms with Crippen LogP contribution in [0.25, 0.3) is 154 Å². The van der Waals surface area contributed by atoms with E-state index in [0.29, 0.717) is 5.95 Å². The second kappa shape index (κ2) is 15.3. The topological polar surface area (TPSA) is 48.8 Å². The van der Waals surface area contributed by atoms with Crippen LogP contribution < -0.4 is 0 Å². The number of para-hydroxylation sites is 2. The van der Waals surface area contributed by atoms with Gasteiger partial charge in [-0.1, -0.05) is 176 Å². The van der Waals surface area contributed by atoms with Gasteiger partial charge in [0.2, 0.25) is 5.95 Å². The highest BCUT2D eigenvalue weighted by atomic mass is 16.3. The minimum absolute atomic E-state index is 0.639. The van der Waals surface area contributed by atoms with Crippen LogP contribution in [0, 0.1) is 0 Å². The molecular formula is C68H40N4O. The molecule has 0 N–H and O–H groups in total. The Bertz CT molecular complexity index is 4980. The highest BCUT2D eigenvalue weighted by Crippen LogP contribution is 2.44. The van der Waals surface area contributed by atoms with Gasteiger partial charge in [-0.15, -0.1) is 0 Å². The molecule has 4 heterocycles. The Kier molecular flexibility index (Phi) is 8.39. The maximum absolute atomic E-state index is 6.67. The smallest absolute Gasteiger partial charge is 0.235 e. The summed E-state index contributed by atoms with van der Waals surface area (Å²) in [6, 6.07) is 87.4. The first kappa shape index (κ1) is 39.9. The van der Waals surface area contributed by atoms with Crippen molar-refractivity contribution < 1.29 is 4.42 Å². The van der Waals surface area contributed by atoms with Crippen LogP contribution in [0.1, 0.15) is 0 Å². The molecule has 73 heavy (non-hydrogen) atoms. The molecule has 0 aliphatic carbocycles. The average molecular weight is 929 g/mol. The number of aromatic nitrogens is 4. The zero-order chi connectivity index (χ0) is 47.7. The Morgan fingerprint density at radius 2 is 0.877 bits per heavy atom. The molecule has 0 aliphatic rings. The molecule has 0 spiro atoms. The van der Waals surface area contributed by atoms with E-state index in [0.717, 1.165) is 88.2 Å². The third-order valence-corrected chi connectivity index (χ3v) is 15.3. The van der Waals surface area contributed by atoms with Gasteiger partial charge in [-0.2, -0.15) is 0 Å². The Morgan fingerprint density at radius 3 is 1.73 bits per heavy atom. The van der Waals surface area contributed by atoms with Gasteiger partial charge in [0.1, 0.15) is 11.2 Å². The van der Waals surface area contributed by atoms with E-state index in [1.54, 1.807) is 0 Å². The molecule has 5 heteroatoms. The van der Waals surface area contributed by atoms with Crippen molar-refractivity contribution in [2.24, 2.45) is 0 Å². The van der Waals surface area contributed by atoms with Crippen molar-refractivity contribution in [1.29, 1.82) is 0 Å². The van der Waals surface area contributed by atoms with E-state index in [9.17, 15) is 0 Å². The number of nitrogens with zero attached hydrogens (tertiary/aromatic N) is 4. The number of fused-ring (bicyclic) bond motifs is 14. The monoisotopic (exact) mass is 928 g/mol. The zero-order valence-electron chi connectivity index (χ0n) is 39.3. The molecule has 5 nitrogen and oxygen atoms in total. The quantitative estimate of drug-likeness (QED) is 0.173. The van der Waals surface area contributed by atoms with Crippen LogP contribution in [-0.4, -0.2) is 19.1 Å². The van der Waals surface area contributed by atoms with E-state index < -0.39 is 0 Å². The zero-order valence-corrected chi connectivity index (χ0v) is 39.3. The van der Waals surface area contributed by atoms with Crippen LogP contribution in [0.15, 0.2) is 247 Å². The van der Waals surface area contributed by atoms with Gasteiger partial charge in [-0.25, -0.2) is 9.97 Å². The predicted molar refractivity (Wildman–Crippen MR) is 304 cm³/mol. The normalized spacial score (nSPS) is 12.1. The highest BCUT2D eigenvalue weighted by Gasteiger charge is 2.22. The summed E-state index contributed by atoms with van der Waals surface area (Å²) in [7, 11) is 0. The van der Waals surface area contributed by atoms with E-state index in [4.69, 9.17) is 14.4 Å². The number of hydrogen-bond donors (Lipinski definition) is 0. The van der Waals surface area contributed by atoms with Gasteiger partial charge >= 0.3 is 0 Å². The first-order chi connectivity index (χ1) is 36.2. The summed E-state index contributed by atoms with van der Waals surface area (Å²) in [6.45, 7) is 0. The van der Waals surface area contributed by atoms with E-state index in [1.165, 1.54) is 59.8 Å². The van der Waals surface area contributed by atoms with Crippen LogP contribution in [0.3, 0.4) is 0 Å². The minimum Gasteiger partial charge on any atom is -0.456 e. The lowest BCUT2D eigenvalue weighted by molar-refractivity contribution is 0.669. The largest absolute Gasteiger partial charge is 0.456 e. The molecule has 4 aromatic heterocycles. The molecule has 12 aromatic carbocycles. The van der Waals surface area contributed by atoms with Crippen LogP contribution in [0.5, 0.6) is 0 Å². The molecule has 338 valence electrons. The number of benzene rings is 12. The molecule has 0 aliphatic heterocycles. The lowest BCUT2D eigenvalue weighted by Crippen LogP contribution is -2.03. The summed E-state index contributed by atoms with van der Waals surface area (Å²) >= 11 is 0. The molecular weight excluding hydrogens is 889 g/mol. The maximum Gasteiger partial charge on any atom is 0.235 e. The fourth-order valence-electron chi connectivity index (χ4n) is 12.0. The summed E-state index contributed by atoms with van der Waals surface area (Å²) in [4.78, 5) is 10.8. The van der Waals surface area contributed by atoms with Gasteiger partial charge < -0.3 is 8.98 Å². The summed E-state index contributed by atoms with van der Waals surface area (Å²) < 4.78 is 11.4. The van der Waals surface area contributed by atoms with Crippen molar-refractivity contribution in [3.8, 4) is 45.1 Å². The van der Waals surface area contributed by atoms with Gasteiger partial charge in [-0.05, 0) is 116 Å². The molecule has 0 unspecified atom stereocenters. The molecule has 0 atom stereocenters. The van der Waals surface area contributed by atoms with Crippen molar-refractivity contribution in [3.63, 3.8) is 0 Å². The first-order valence-corrected chi connectivity index (χ1v) is 24.9. The Morgan fingerprint density at radius 1 is 0.301 bits per heavy atom. The van der Waals surface area contributed by atoms with Crippen molar-refractivity contribution >= 4 is 109 Å². The van der Waals surface area contributed by atoms with Crippen LogP contribution in [-0.2, 0) is 0 Å². The fourth-order valence-corrected chi connectivity index (χ4v) is 12.0. The summed E-state index contributed by atoms with van der Waals surface area (Å²) in [5.41, 5.74) is 14.8. The predicted octanol–water partition coefficient (Wildman–Crippen LogP) is 18.2. The third kappa shape index (κ3) is 5.91. The lowest BCUT2D eigenvalue weighted by atomic mass is 9.96. The summed E-state index contributed by atoms with van der Waals surface area (Å²) in [5.74, 6) is 0.639. The second-order valence-corrected chi connectivity index (χ2v) is 19.2. The van der Waals surface area contributed by atoms with E-state index in [2.05, 4.69) is 252 Å². The molecule has 0 saturated heterocycles. The van der Waals surface area contributed by atoms with Gasteiger partial charge in [0, 0.05) is 48.7 Å². The van der Waals surface area contributed by atoms with E-state index >= 15 is 0 Å². The van der Waals surface area contributed by atoms with Crippen molar-refractivity contribution in [2.75, 3.05) is 0 Å². The van der Waals surface area contributed by atoms with Gasteiger partial charge in [-0.3, -0.25) is 4.57 Å². The Hall–Kier alpha value is -9.84. The summed E-state index contributed by atoms with van der Waals surface area (Å²) in [6.07, 6.45) is 0. The Labute approximate surface area is 418 Å². The van der Waals surface area contributed by atoms with Gasteiger partial charge in [0.15, 0.2) is 0 Å². The maximum atomic E-state index is 6.67. The van der Waals surface area contributed by atoms with Gasteiger partial charge in [0.25, 0.3) is 0 Å². The molecule has 0 saturated carbocycles. The lowest BCUT2D eigenvalue weighted by Gasteiger charge is -2.13. The van der Waals surface area contributed by atoms with Crippen molar-refractivity contribution in [2.45, 2.75) is 0 Å².